The van der Waals surface area contributed by atoms with E-state index in [4.69, 9.17) is 9.84 Å². The van der Waals surface area contributed by atoms with Crippen LogP contribution in [0.3, 0.4) is 0 Å². The van der Waals surface area contributed by atoms with Gasteiger partial charge in [0.1, 0.15) is 11.3 Å². The molecule has 0 bridgehead atoms. The van der Waals surface area contributed by atoms with Gasteiger partial charge in [-0.3, -0.25) is 0 Å². The number of carbonyl (C=O) groups is 1. The van der Waals surface area contributed by atoms with Gasteiger partial charge in [0.2, 0.25) is 0 Å². The molecule has 2 aromatic rings. The van der Waals surface area contributed by atoms with Crippen LogP contribution in [0.1, 0.15) is 15.2 Å². The molecule has 0 unspecified atom stereocenters. The van der Waals surface area contributed by atoms with Gasteiger partial charge in [-0.2, -0.15) is 0 Å². The number of methoxy groups -OCH3 is 1. The van der Waals surface area contributed by atoms with Crippen molar-refractivity contribution in [3.8, 4) is 5.75 Å². The molecule has 20 heavy (non-hydrogen) atoms. The Balaban J connectivity index is 2.42. The number of carboxylic acid groups (broad SMARTS) is 1. The molecule has 1 N–H and O–H groups in total. The monoisotopic (exact) mass is 312 g/mol. The highest BCUT2D eigenvalue weighted by Gasteiger charge is 2.20. The van der Waals surface area contributed by atoms with Gasteiger partial charge in [0.25, 0.3) is 0 Å². The average molecular weight is 312 g/mol. The Kier molecular flexibility index (Phi) is 4.10. The number of sulfone groups is 1. The van der Waals surface area contributed by atoms with Crippen LogP contribution in [0.4, 0.5) is 0 Å². The van der Waals surface area contributed by atoms with E-state index in [0.29, 0.717) is 4.88 Å². The Bertz CT molecular complexity index is 717. The van der Waals surface area contributed by atoms with Crippen LogP contribution in [0.5, 0.6) is 5.75 Å². The first kappa shape index (κ1) is 14.5. The third-order valence-corrected chi connectivity index (χ3v) is 5.40. The summed E-state index contributed by atoms with van der Waals surface area (Å²) in [5.74, 6) is -1.24. The van der Waals surface area contributed by atoms with E-state index < -0.39 is 15.8 Å². The molecule has 1 heterocycles. The second-order valence-corrected chi connectivity index (χ2v) is 7.03. The van der Waals surface area contributed by atoms with Crippen LogP contribution >= 0.6 is 11.3 Å². The summed E-state index contributed by atoms with van der Waals surface area (Å²) in [5.41, 5.74) is -0.167. The highest BCUT2D eigenvalue weighted by molar-refractivity contribution is 7.90. The van der Waals surface area contributed by atoms with Crippen LogP contribution < -0.4 is 4.74 Å². The third kappa shape index (κ3) is 3.00. The first-order valence-corrected chi connectivity index (χ1v) is 8.13. The van der Waals surface area contributed by atoms with E-state index in [2.05, 4.69) is 0 Å². The maximum Gasteiger partial charge on any atom is 0.339 e. The van der Waals surface area contributed by atoms with Crippen molar-refractivity contribution in [1.82, 2.24) is 0 Å². The lowest BCUT2D eigenvalue weighted by Crippen LogP contribution is -2.07. The quantitative estimate of drug-likeness (QED) is 0.917. The number of thiophene rings is 1. The second-order valence-electron chi connectivity index (χ2n) is 4.01. The maximum absolute atomic E-state index is 12.2. The van der Waals surface area contributed by atoms with Gasteiger partial charge >= 0.3 is 5.97 Å². The zero-order chi connectivity index (χ0) is 14.8. The topological polar surface area (TPSA) is 80.7 Å². The van der Waals surface area contributed by atoms with E-state index in [1.54, 1.807) is 17.5 Å². The molecule has 1 aromatic heterocycles. The molecule has 1 aromatic carbocycles. The number of aromatic carboxylic acids is 1. The highest BCUT2D eigenvalue weighted by Crippen LogP contribution is 2.25. The Hall–Kier alpha value is -1.86. The van der Waals surface area contributed by atoms with Crippen molar-refractivity contribution in [2.45, 2.75) is 10.6 Å². The lowest BCUT2D eigenvalue weighted by atomic mass is 10.2. The molecule has 5 nitrogen and oxygen atoms in total. The minimum Gasteiger partial charge on any atom is -0.496 e. The molecule has 0 fully saturated rings. The van der Waals surface area contributed by atoms with Gasteiger partial charge in [-0.25, -0.2) is 13.2 Å². The average Bonchev–Trinajstić information content (AvgIpc) is 2.89. The highest BCUT2D eigenvalue weighted by atomic mass is 32.2. The number of ether oxygens (including phenoxy) is 1. The largest absolute Gasteiger partial charge is 0.496 e. The number of rotatable bonds is 5. The van der Waals surface area contributed by atoms with E-state index in [-0.39, 0.29) is 22.0 Å². The minimum atomic E-state index is -3.57. The first-order valence-electron chi connectivity index (χ1n) is 5.60. The van der Waals surface area contributed by atoms with Gasteiger partial charge in [0, 0.05) is 4.88 Å². The third-order valence-electron chi connectivity index (χ3n) is 2.67. The van der Waals surface area contributed by atoms with Crippen LogP contribution in [-0.4, -0.2) is 26.6 Å². The normalized spacial score (nSPS) is 11.2. The van der Waals surface area contributed by atoms with Crippen molar-refractivity contribution >= 4 is 27.1 Å². The predicted octanol–water partition coefficient (Wildman–Crippen LogP) is 2.43. The van der Waals surface area contributed by atoms with Crippen molar-refractivity contribution in [3.05, 3.63) is 46.2 Å². The van der Waals surface area contributed by atoms with E-state index in [9.17, 15) is 13.2 Å². The summed E-state index contributed by atoms with van der Waals surface area (Å²) in [6.45, 7) is 0. The summed E-state index contributed by atoms with van der Waals surface area (Å²) in [6.07, 6.45) is 0. The van der Waals surface area contributed by atoms with Crippen molar-refractivity contribution in [1.29, 1.82) is 0 Å². The lowest BCUT2D eigenvalue weighted by molar-refractivity contribution is 0.0693. The molecule has 0 atom stereocenters. The fourth-order valence-electron chi connectivity index (χ4n) is 1.71. The van der Waals surface area contributed by atoms with Gasteiger partial charge in [0.05, 0.1) is 17.8 Å². The molecule has 0 aliphatic carbocycles. The van der Waals surface area contributed by atoms with E-state index in [1.807, 2.05) is 0 Å². The van der Waals surface area contributed by atoms with Crippen LogP contribution in [0.2, 0.25) is 0 Å². The standard InChI is InChI=1S/C13H12O5S2/c1-18-12-5-4-10(7-11(12)13(14)15)20(16,17)8-9-3-2-6-19-9/h2-7H,8H2,1H3,(H,14,15). The summed E-state index contributed by atoms with van der Waals surface area (Å²) >= 11 is 1.34. The number of hydrogen-bond donors (Lipinski definition) is 1. The molecule has 0 spiro atoms. The summed E-state index contributed by atoms with van der Waals surface area (Å²) in [5, 5.41) is 10.9. The summed E-state index contributed by atoms with van der Waals surface area (Å²) in [6, 6.07) is 7.33. The molecule has 2 rings (SSSR count). The maximum atomic E-state index is 12.2. The molecule has 0 aliphatic rings. The predicted molar refractivity (Wildman–Crippen MR) is 75.2 cm³/mol. The Morgan fingerprint density at radius 1 is 1.35 bits per heavy atom. The molecule has 0 saturated carbocycles. The summed E-state index contributed by atoms with van der Waals surface area (Å²) in [4.78, 5) is 11.8. The molecule has 0 radical (unpaired) electrons. The van der Waals surface area contributed by atoms with Crippen LogP contribution in [0.25, 0.3) is 0 Å². The van der Waals surface area contributed by atoms with Crippen LogP contribution in [0.15, 0.2) is 40.6 Å². The molecule has 0 amide bonds. The minimum absolute atomic E-state index is 0.0240. The molecular weight excluding hydrogens is 300 g/mol. The van der Waals surface area contributed by atoms with Crippen LogP contribution in [-0.2, 0) is 15.6 Å². The van der Waals surface area contributed by atoms with Gasteiger partial charge in [-0.1, -0.05) is 6.07 Å². The van der Waals surface area contributed by atoms with Gasteiger partial charge < -0.3 is 9.84 Å². The second kappa shape index (κ2) is 5.64. The van der Waals surface area contributed by atoms with Gasteiger partial charge in [0.15, 0.2) is 9.84 Å². The van der Waals surface area contributed by atoms with Crippen molar-refractivity contribution in [3.63, 3.8) is 0 Å². The van der Waals surface area contributed by atoms with Crippen molar-refractivity contribution in [2.75, 3.05) is 7.11 Å². The molecule has 0 saturated heterocycles. The van der Waals surface area contributed by atoms with E-state index >= 15 is 0 Å². The fourth-order valence-corrected chi connectivity index (χ4v) is 4.15. The lowest BCUT2D eigenvalue weighted by Gasteiger charge is -2.08. The summed E-state index contributed by atoms with van der Waals surface area (Å²) < 4.78 is 29.4. The Morgan fingerprint density at radius 3 is 2.65 bits per heavy atom. The van der Waals surface area contributed by atoms with Crippen molar-refractivity contribution in [2.24, 2.45) is 0 Å². The number of hydrogen-bond acceptors (Lipinski definition) is 5. The van der Waals surface area contributed by atoms with E-state index in [0.717, 1.165) is 6.07 Å². The Labute approximate surface area is 120 Å². The smallest absolute Gasteiger partial charge is 0.339 e. The molecule has 0 aliphatic heterocycles. The van der Waals surface area contributed by atoms with E-state index in [1.165, 1.54) is 30.6 Å². The van der Waals surface area contributed by atoms with Crippen LogP contribution in [0, 0.1) is 0 Å². The Morgan fingerprint density at radius 2 is 2.10 bits per heavy atom. The first-order chi connectivity index (χ1) is 9.44. The molecule has 7 heteroatoms. The number of benzene rings is 1. The number of carboxylic acids is 1. The zero-order valence-corrected chi connectivity index (χ0v) is 12.2. The molecular formula is C13H12O5S2. The fraction of sp³-hybridized carbons (Fsp3) is 0.154. The summed E-state index contributed by atoms with van der Waals surface area (Å²) in [7, 11) is -2.24. The van der Waals surface area contributed by atoms with Gasteiger partial charge in [-0.15, -0.1) is 11.3 Å². The molecule has 106 valence electrons. The van der Waals surface area contributed by atoms with Gasteiger partial charge in [-0.05, 0) is 29.6 Å². The SMILES string of the molecule is COc1ccc(S(=O)(=O)Cc2cccs2)cc1C(=O)O. The van der Waals surface area contributed by atoms with Crippen molar-refractivity contribution < 1.29 is 23.1 Å². The zero-order valence-electron chi connectivity index (χ0n) is 10.6.